The molecule has 1 saturated heterocycles. The van der Waals surface area contributed by atoms with Crippen molar-refractivity contribution >= 4 is 23.4 Å². The molecule has 3 atom stereocenters. The number of aliphatic hydroxyl groups excluding tert-OH is 1. The van der Waals surface area contributed by atoms with Crippen LogP contribution in [0.15, 0.2) is 96.1 Å². The summed E-state index contributed by atoms with van der Waals surface area (Å²) in [4.78, 5) is 48.3. The second kappa shape index (κ2) is 13.3. The predicted octanol–water partition coefficient (Wildman–Crippen LogP) is 3.23. The maximum atomic E-state index is 12.5. The van der Waals surface area contributed by atoms with Gasteiger partial charge in [-0.25, -0.2) is 0 Å². The van der Waals surface area contributed by atoms with Crippen LogP contribution in [-0.4, -0.2) is 51.4 Å². The molecular formula is C31H34N2O7. The minimum absolute atomic E-state index is 0.0405. The van der Waals surface area contributed by atoms with E-state index in [0.717, 1.165) is 0 Å². The Kier molecular flexibility index (Phi) is 9.63. The molecule has 3 aliphatic carbocycles. The number of carbonyl (C=O) groups excluding carboxylic acids is 4. The smallest absolute Gasteiger partial charge is 0.248 e. The Balaban J connectivity index is 1.27. The van der Waals surface area contributed by atoms with Gasteiger partial charge >= 0.3 is 0 Å². The lowest BCUT2D eigenvalue weighted by Gasteiger charge is -2.23. The molecule has 4 N–H and O–H groups in total. The van der Waals surface area contributed by atoms with Gasteiger partial charge in [0.25, 0.3) is 0 Å². The molecule has 1 saturated carbocycles. The van der Waals surface area contributed by atoms with Gasteiger partial charge in [-0.1, -0.05) is 73.9 Å². The lowest BCUT2D eigenvalue weighted by molar-refractivity contribution is -0.121. The summed E-state index contributed by atoms with van der Waals surface area (Å²) in [6, 6.07) is 0. The summed E-state index contributed by atoms with van der Waals surface area (Å²) < 4.78 is 5.35. The number of ketones is 2. The average molecular weight is 547 g/mol. The van der Waals surface area contributed by atoms with E-state index in [1.807, 2.05) is 12.2 Å². The van der Waals surface area contributed by atoms with E-state index < -0.39 is 35.4 Å². The van der Waals surface area contributed by atoms with Crippen LogP contribution in [0.4, 0.5) is 0 Å². The van der Waals surface area contributed by atoms with Crippen LogP contribution in [0.3, 0.4) is 0 Å². The molecule has 0 aromatic carbocycles. The molecule has 0 aromatic rings. The van der Waals surface area contributed by atoms with Crippen molar-refractivity contribution in [3.63, 3.8) is 0 Å². The molecule has 2 fully saturated rings. The molecule has 2 amide bonds. The third kappa shape index (κ3) is 7.74. The molecule has 3 unspecified atom stereocenters. The monoisotopic (exact) mass is 546 g/mol. The first-order valence-corrected chi connectivity index (χ1v) is 13.5. The lowest BCUT2D eigenvalue weighted by Crippen LogP contribution is -2.42. The summed E-state index contributed by atoms with van der Waals surface area (Å²) in [5.74, 6) is -1.28. The summed E-state index contributed by atoms with van der Waals surface area (Å²) in [6.45, 7) is 0. The van der Waals surface area contributed by atoms with Gasteiger partial charge in [0, 0.05) is 25.0 Å². The zero-order valence-electron chi connectivity index (χ0n) is 22.1. The molecule has 9 heteroatoms. The summed E-state index contributed by atoms with van der Waals surface area (Å²) in [7, 11) is 0. The zero-order valence-corrected chi connectivity index (χ0v) is 22.1. The number of ether oxygens (including phenoxy) is 1. The predicted molar refractivity (Wildman–Crippen MR) is 148 cm³/mol. The zero-order chi connectivity index (χ0) is 28.5. The van der Waals surface area contributed by atoms with E-state index in [2.05, 4.69) is 16.7 Å². The van der Waals surface area contributed by atoms with Gasteiger partial charge in [0.05, 0.1) is 5.70 Å². The fourth-order valence-corrected chi connectivity index (χ4v) is 4.87. The standard InChI is InChI=1S/C31H34N2O7/c34-23-17-18-24(35)27(23)33-26(37)16-10-3-4-11-19-31(39)20-22(28(38)29-30(31)40-29)32-25(36)15-9-2-1-6-12-21-13-7-5-8-14-21/h1-4,6,9-12,15-16,19-21,29-30,34,39H,5,7-8,13-14,17-18H2,(H,32,36)(H,33,37). The van der Waals surface area contributed by atoms with Crippen molar-refractivity contribution in [2.45, 2.75) is 62.8 Å². The van der Waals surface area contributed by atoms with Crippen molar-refractivity contribution < 1.29 is 34.1 Å². The van der Waals surface area contributed by atoms with Crippen molar-refractivity contribution in [1.29, 1.82) is 0 Å². The molecule has 0 aromatic heterocycles. The summed E-state index contributed by atoms with van der Waals surface area (Å²) in [6.07, 6.45) is 25.7. The van der Waals surface area contributed by atoms with E-state index in [4.69, 9.17) is 4.74 Å². The summed E-state index contributed by atoms with van der Waals surface area (Å²) >= 11 is 0. The highest BCUT2D eigenvalue weighted by molar-refractivity contribution is 6.06. The SMILES string of the molecule is O=C(C=CC=CC=CC1CCCCC1)NC1=CC(O)(C=CC=CC=CC(=O)NC2=C(O)CCC2=O)C2OC2C1=O. The number of nitrogens with one attached hydrogen (secondary N) is 2. The van der Waals surface area contributed by atoms with Gasteiger partial charge in [0.15, 0.2) is 11.9 Å². The number of aliphatic hydroxyl groups is 2. The number of fused-ring (bicyclic) bond motifs is 1. The van der Waals surface area contributed by atoms with Gasteiger partial charge in [-0.05, 0) is 30.9 Å². The Morgan fingerprint density at radius 3 is 2.20 bits per heavy atom. The van der Waals surface area contributed by atoms with Crippen LogP contribution in [0, 0.1) is 5.92 Å². The van der Waals surface area contributed by atoms with Gasteiger partial charge in [-0.15, -0.1) is 0 Å². The number of allylic oxidation sites excluding steroid dienone is 11. The number of carbonyl (C=O) groups is 4. The van der Waals surface area contributed by atoms with Gasteiger partial charge in [0.2, 0.25) is 17.6 Å². The second-order valence-corrected chi connectivity index (χ2v) is 10.1. The van der Waals surface area contributed by atoms with Crippen LogP contribution in [0.25, 0.3) is 0 Å². The highest BCUT2D eigenvalue weighted by Crippen LogP contribution is 2.40. The number of Topliss-reactive ketones (excluding diaryl/α,β-unsaturated/α-hetero) is 2. The van der Waals surface area contributed by atoms with Gasteiger partial charge < -0.3 is 25.6 Å². The maximum Gasteiger partial charge on any atom is 0.248 e. The van der Waals surface area contributed by atoms with Crippen LogP contribution in [0.2, 0.25) is 0 Å². The molecule has 4 rings (SSSR count). The topological polar surface area (TPSA) is 145 Å². The first-order chi connectivity index (χ1) is 19.3. The summed E-state index contributed by atoms with van der Waals surface area (Å²) in [5, 5.41) is 25.5. The molecule has 9 nitrogen and oxygen atoms in total. The lowest BCUT2D eigenvalue weighted by atomic mass is 9.88. The molecular weight excluding hydrogens is 512 g/mol. The van der Waals surface area contributed by atoms with Gasteiger partial charge in [0.1, 0.15) is 23.2 Å². The molecule has 4 aliphatic rings. The van der Waals surface area contributed by atoms with Crippen molar-refractivity contribution in [1.82, 2.24) is 10.6 Å². The van der Waals surface area contributed by atoms with Gasteiger partial charge in [-0.3, -0.25) is 19.2 Å². The fourth-order valence-electron chi connectivity index (χ4n) is 4.87. The second-order valence-electron chi connectivity index (χ2n) is 10.1. The third-order valence-corrected chi connectivity index (χ3v) is 7.07. The van der Waals surface area contributed by atoms with E-state index in [-0.39, 0.29) is 35.8 Å². The molecule has 210 valence electrons. The van der Waals surface area contributed by atoms with E-state index in [1.165, 1.54) is 74.6 Å². The number of epoxide rings is 1. The van der Waals surface area contributed by atoms with E-state index in [0.29, 0.717) is 5.92 Å². The minimum atomic E-state index is -1.60. The number of rotatable bonds is 10. The first kappa shape index (κ1) is 28.9. The van der Waals surface area contributed by atoms with Crippen molar-refractivity contribution in [2.24, 2.45) is 5.92 Å². The maximum absolute atomic E-state index is 12.5. The molecule has 0 spiro atoms. The normalized spacial score (nSPS) is 27.7. The van der Waals surface area contributed by atoms with Gasteiger partial charge in [-0.2, -0.15) is 0 Å². The van der Waals surface area contributed by atoms with Crippen LogP contribution >= 0.6 is 0 Å². The van der Waals surface area contributed by atoms with E-state index in [1.54, 1.807) is 18.2 Å². The molecule has 1 aliphatic heterocycles. The highest BCUT2D eigenvalue weighted by Gasteiger charge is 2.59. The first-order valence-electron chi connectivity index (χ1n) is 13.5. The molecule has 0 radical (unpaired) electrons. The molecule has 0 bridgehead atoms. The van der Waals surface area contributed by atoms with E-state index in [9.17, 15) is 29.4 Å². The van der Waals surface area contributed by atoms with Crippen LogP contribution in [0.5, 0.6) is 0 Å². The fraction of sp³-hybridized carbons (Fsp3) is 0.355. The largest absolute Gasteiger partial charge is 0.510 e. The van der Waals surface area contributed by atoms with Crippen molar-refractivity contribution in [2.75, 3.05) is 0 Å². The quantitative estimate of drug-likeness (QED) is 0.187. The Hall–Kier alpha value is -4.08. The Labute approximate surface area is 233 Å². The van der Waals surface area contributed by atoms with Crippen LogP contribution < -0.4 is 10.6 Å². The van der Waals surface area contributed by atoms with Crippen molar-refractivity contribution in [3.8, 4) is 0 Å². The Morgan fingerprint density at radius 2 is 1.52 bits per heavy atom. The highest BCUT2D eigenvalue weighted by atomic mass is 16.6. The summed E-state index contributed by atoms with van der Waals surface area (Å²) in [5.41, 5.74) is -1.72. The minimum Gasteiger partial charge on any atom is -0.510 e. The Bertz CT molecular complexity index is 1270. The van der Waals surface area contributed by atoms with Crippen LogP contribution in [-0.2, 0) is 23.9 Å². The average Bonchev–Trinajstić information content (AvgIpc) is 3.70. The number of amides is 2. The van der Waals surface area contributed by atoms with E-state index >= 15 is 0 Å². The van der Waals surface area contributed by atoms with Crippen LogP contribution in [0.1, 0.15) is 44.9 Å². The third-order valence-electron chi connectivity index (χ3n) is 7.07. The number of hydrogen-bond acceptors (Lipinski definition) is 7. The number of hydrogen-bond donors (Lipinski definition) is 4. The molecule has 40 heavy (non-hydrogen) atoms. The van der Waals surface area contributed by atoms with Crippen molar-refractivity contribution in [3.05, 3.63) is 96.1 Å². The molecule has 1 heterocycles. The Morgan fingerprint density at radius 1 is 0.875 bits per heavy atom.